The number of rotatable bonds is 8. The van der Waals surface area contributed by atoms with Crippen molar-refractivity contribution in [2.24, 2.45) is 5.14 Å². The first-order valence-electron chi connectivity index (χ1n) is 6.34. The van der Waals surface area contributed by atoms with Crippen molar-refractivity contribution in [3.63, 3.8) is 0 Å². The van der Waals surface area contributed by atoms with E-state index in [2.05, 4.69) is 4.72 Å². The highest BCUT2D eigenvalue weighted by atomic mass is 35.5. The average Bonchev–Trinajstić information content (AvgIpc) is 2.37. The van der Waals surface area contributed by atoms with Gasteiger partial charge in [-0.05, 0) is 37.5 Å². The minimum Gasteiger partial charge on any atom is -0.225 e. The molecule has 0 saturated heterocycles. The molecule has 0 fully saturated rings. The summed E-state index contributed by atoms with van der Waals surface area (Å²) in [5.74, 6) is 0.444. The van der Waals surface area contributed by atoms with Gasteiger partial charge < -0.3 is 0 Å². The zero-order valence-corrected chi connectivity index (χ0v) is 14.0. The molecule has 0 spiro atoms. The van der Waals surface area contributed by atoms with Gasteiger partial charge in [0.15, 0.2) is 0 Å². The van der Waals surface area contributed by atoms with Crippen molar-refractivity contribution in [3.8, 4) is 0 Å². The predicted molar refractivity (Wildman–Crippen MR) is 83.1 cm³/mol. The fraction of sp³-hybridized carbons (Fsp3) is 0.500. The molecule has 6 nitrogen and oxygen atoms in total. The number of hydrogen-bond acceptors (Lipinski definition) is 4. The molecular formula is C12H19ClN2O4S2. The highest BCUT2D eigenvalue weighted by Crippen LogP contribution is 2.16. The summed E-state index contributed by atoms with van der Waals surface area (Å²) >= 11 is 5.51. The Balaban J connectivity index is 2.73. The van der Waals surface area contributed by atoms with Gasteiger partial charge in [-0.25, -0.2) is 26.7 Å². The topological polar surface area (TPSA) is 106 Å². The van der Waals surface area contributed by atoms with Gasteiger partial charge in [-0.3, -0.25) is 0 Å². The van der Waals surface area contributed by atoms with E-state index >= 15 is 0 Å². The first-order valence-corrected chi connectivity index (χ1v) is 10.1. The van der Waals surface area contributed by atoms with Gasteiger partial charge in [0.1, 0.15) is 0 Å². The Morgan fingerprint density at radius 2 is 1.71 bits per heavy atom. The monoisotopic (exact) mass is 354 g/mol. The van der Waals surface area contributed by atoms with Gasteiger partial charge >= 0.3 is 0 Å². The number of hydrogen-bond donors (Lipinski definition) is 2. The van der Waals surface area contributed by atoms with Crippen molar-refractivity contribution in [1.82, 2.24) is 4.72 Å². The van der Waals surface area contributed by atoms with Crippen LogP contribution in [0.5, 0.6) is 0 Å². The number of halogens is 1. The third kappa shape index (κ3) is 6.31. The molecule has 0 saturated carbocycles. The van der Waals surface area contributed by atoms with Crippen molar-refractivity contribution in [3.05, 3.63) is 29.8 Å². The second-order valence-corrected chi connectivity index (χ2v) is 8.48. The summed E-state index contributed by atoms with van der Waals surface area (Å²) in [6.45, 7) is 1.69. The number of unbranched alkanes of at least 4 members (excludes halogenated alkanes) is 1. The van der Waals surface area contributed by atoms with Crippen LogP contribution in [0.1, 0.15) is 31.4 Å². The summed E-state index contributed by atoms with van der Waals surface area (Å²) in [5.41, 5.74) is 0.656. The van der Waals surface area contributed by atoms with E-state index in [1.165, 1.54) is 24.3 Å². The normalized spacial score (nSPS) is 14.0. The molecule has 0 aromatic heterocycles. The van der Waals surface area contributed by atoms with E-state index in [0.717, 1.165) is 0 Å². The smallest absolute Gasteiger partial charge is 0.225 e. The number of primary sulfonamides is 1. The van der Waals surface area contributed by atoms with E-state index in [4.69, 9.17) is 16.7 Å². The first kappa shape index (κ1) is 18.4. The molecule has 0 heterocycles. The predicted octanol–water partition coefficient (Wildman–Crippen LogP) is 1.33. The molecule has 0 radical (unpaired) electrons. The lowest BCUT2D eigenvalue weighted by Gasteiger charge is -2.15. The maximum atomic E-state index is 11.8. The Morgan fingerprint density at radius 1 is 1.14 bits per heavy atom. The molecule has 21 heavy (non-hydrogen) atoms. The molecule has 0 amide bonds. The maximum absolute atomic E-state index is 11.8. The second-order valence-electron chi connectivity index (χ2n) is 4.67. The van der Waals surface area contributed by atoms with Crippen LogP contribution in [0.2, 0.25) is 0 Å². The Hall–Kier alpha value is -0.670. The maximum Gasteiger partial charge on any atom is 0.238 e. The molecular weight excluding hydrogens is 336 g/mol. The van der Waals surface area contributed by atoms with E-state index in [1.54, 1.807) is 6.92 Å². The Bertz CT molecular complexity index is 657. The second kappa shape index (κ2) is 7.55. The molecule has 0 aliphatic rings. The third-order valence-electron chi connectivity index (χ3n) is 2.86. The van der Waals surface area contributed by atoms with Crippen LogP contribution >= 0.6 is 11.6 Å². The molecule has 0 bridgehead atoms. The van der Waals surface area contributed by atoms with Gasteiger partial charge in [0.2, 0.25) is 20.0 Å². The van der Waals surface area contributed by atoms with E-state index in [-0.39, 0.29) is 10.6 Å². The molecule has 1 aromatic carbocycles. The quantitative estimate of drug-likeness (QED) is 0.542. The molecule has 0 aliphatic carbocycles. The Labute approximate surface area is 130 Å². The fourth-order valence-corrected chi connectivity index (χ4v) is 3.81. The molecule has 3 N–H and O–H groups in total. The van der Waals surface area contributed by atoms with Gasteiger partial charge in [0.25, 0.3) is 0 Å². The zero-order chi connectivity index (χ0) is 16.1. The summed E-state index contributed by atoms with van der Waals surface area (Å²) in [4.78, 5) is -0.0107. The van der Waals surface area contributed by atoms with Crippen LogP contribution in [0, 0.1) is 0 Å². The summed E-state index contributed by atoms with van der Waals surface area (Å²) < 4.78 is 48.5. The highest BCUT2D eigenvalue weighted by Gasteiger charge is 2.16. The number of nitrogens with one attached hydrogen (secondary N) is 1. The van der Waals surface area contributed by atoms with E-state index < -0.39 is 26.1 Å². The van der Waals surface area contributed by atoms with Crippen molar-refractivity contribution in [2.75, 3.05) is 11.6 Å². The van der Waals surface area contributed by atoms with Crippen LogP contribution in [0.3, 0.4) is 0 Å². The van der Waals surface area contributed by atoms with E-state index in [1.807, 2.05) is 0 Å². The first-order chi connectivity index (χ1) is 9.65. The molecule has 9 heteroatoms. The molecule has 1 rings (SSSR count). The van der Waals surface area contributed by atoms with Gasteiger partial charge in [-0.2, -0.15) is 0 Å². The number of benzene rings is 1. The molecule has 1 atom stereocenters. The van der Waals surface area contributed by atoms with Crippen LogP contribution in [0.4, 0.5) is 0 Å². The minimum absolute atomic E-state index is 0.0107. The Kier molecular flexibility index (Phi) is 6.61. The fourth-order valence-electron chi connectivity index (χ4n) is 1.73. The van der Waals surface area contributed by atoms with E-state index in [0.29, 0.717) is 24.3 Å². The lowest BCUT2D eigenvalue weighted by molar-refractivity contribution is 0.563. The number of nitrogens with two attached hydrogens (primary N) is 1. The zero-order valence-electron chi connectivity index (χ0n) is 11.6. The van der Waals surface area contributed by atoms with Gasteiger partial charge in [-0.15, -0.1) is 11.6 Å². The van der Waals surface area contributed by atoms with Gasteiger partial charge in [-0.1, -0.05) is 12.1 Å². The van der Waals surface area contributed by atoms with Crippen LogP contribution in [-0.2, 0) is 20.0 Å². The van der Waals surface area contributed by atoms with Crippen LogP contribution in [0.15, 0.2) is 29.2 Å². The summed E-state index contributed by atoms with van der Waals surface area (Å²) in [7, 11) is -7.14. The largest absolute Gasteiger partial charge is 0.238 e. The highest BCUT2D eigenvalue weighted by molar-refractivity contribution is 7.89. The SMILES string of the molecule is CC(NS(=O)(=O)CCCCCl)c1ccc(S(N)(=O)=O)cc1. The van der Waals surface area contributed by atoms with E-state index in [9.17, 15) is 16.8 Å². The van der Waals surface area contributed by atoms with Crippen LogP contribution in [0.25, 0.3) is 0 Å². The van der Waals surface area contributed by atoms with Crippen molar-refractivity contribution in [2.45, 2.75) is 30.7 Å². The van der Waals surface area contributed by atoms with Crippen molar-refractivity contribution >= 4 is 31.6 Å². The third-order valence-corrected chi connectivity index (χ3v) is 5.60. The minimum atomic E-state index is -3.75. The van der Waals surface area contributed by atoms with Crippen molar-refractivity contribution in [1.29, 1.82) is 0 Å². The van der Waals surface area contributed by atoms with Crippen molar-refractivity contribution < 1.29 is 16.8 Å². The summed E-state index contributed by atoms with van der Waals surface area (Å²) in [6, 6.07) is 5.31. The number of alkyl halides is 1. The molecule has 1 aromatic rings. The molecule has 0 aliphatic heterocycles. The number of sulfonamides is 2. The summed E-state index contributed by atoms with van der Waals surface area (Å²) in [5, 5.41) is 5.00. The molecule has 1 unspecified atom stereocenters. The standard InChI is InChI=1S/C12H19ClN2O4S2/c1-10(15-20(16,17)9-3-2-8-13)11-4-6-12(7-5-11)21(14,18)19/h4-7,10,15H,2-3,8-9H2,1H3,(H2,14,18,19). The lowest BCUT2D eigenvalue weighted by atomic mass is 10.1. The van der Waals surface area contributed by atoms with Crippen LogP contribution < -0.4 is 9.86 Å². The van der Waals surface area contributed by atoms with Gasteiger partial charge in [0, 0.05) is 11.9 Å². The molecule has 120 valence electrons. The van der Waals surface area contributed by atoms with Gasteiger partial charge in [0.05, 0.1) is 10.6 Å². The average molecular weight is 355 g/mol. The summed E-state index contributed by atoms with van der Waals surface area (Å²) in [6.07, 6.45) is 1.13. The van der Waals surface area contributed by atoms with Crippen LogP contribution in [-0.4, -0.2) is 28.5 Å². The lowest BCUT2D eigenvalue weighted by Crippen LogP contribution is -2.29. The Morgan fingerprint density at radius 3 is 2.19 bits per heavy atom.